The van der Waals surface area contributed by atoms with Crippen LogP contribution in [-0.4, -0.2) is 63.3 Å². The Morgan fingerprint density at radius 1 is 0.794 bits per heavy atom. The Morgan fingerprint density at radius 3 is 1.74 bits per heavy atom. The molecule has 0 saturated carbocycles. The van der Waals surface area contributed by atoms with Crippen LogP contribution in [0.5, 0.6) is 11.5 Å². The van der Waals surface area contributed by atoms with E-state index in [1.54, 1.807) is 12.2 Å². The van der Waals surface area contributed by atoms with Gasteiger partial charge in [0, 0.05) is 6.61 Å². The molecular weight excluding hydrogens is 436 g/mol. The zero-order valence-corrected chi connectivity index (χ0v) is 21.9. The van der Waals surface area contributed by atoms with Crippen LogP contribution >= 0.6 is 0 Å². The molecule has 1 heterocycles. The summed E-state index contributed by atoms with van der Waals surface area (Å²) in [5.74, 6) is 1.66. The summed E-state index contributed by atoms with van der Waals surface area (Å²) in [7, 11) is 0. The second kappa shape index (κ2) is 27.3. The van der Waals surface area contributed by atoms with Crippen molar-refractivity contribution in [3.8, 4) is 11.5 Å². The molecule has 0 amide bonds. The number of aliphatic hydroxyl groups is 2. The molecule has 0 aromatic heterocycles. The largest absolute Gasteiger partial charge is 0.454 e. The first kappa shape index (κ1) is 34.3. The minimum absolute atomic E-state index is 0.125. The van der Waals surface area contributed by atoms with E-state index in [9.17, 15) is 0 Å². The second-order valence-corrected chi connectivity index (χ2v) is 7.12. The Bertz CT molecular complexity index is 583. The van der Waals surface area contributed by atoms with E-state index in [1.165, 1.54) is 11.1 Å². The Labute approximate surface area is 207 Å². The van der Waals surface area contributed by atoms with Gasteiger partial charge in [-0.25, -0.2) is 0 Å². The van der Waals surface area contributed by atoms with E-state index in [4.69, 9.17) is 33.9 Å². The lowest BCUT2D eigenvalue weighted by atomic mass is 10.0. The van der Waals surface area contributed by atoms with Gasteiger partial charge in [0.1, 0.15) is 0 Å². The molecule has 1 aliphatic rings. The predicted octanol–water partition coefficient (Wildman–Crippen LogP) is 5.07. The Balaban J connectivity index is 0. The van der Waals surface area contributed by atoms with Crippen molar-refractivity contribution >= 4 is 0 Å². The van der Waals surface area contributed by atoms with Crippen LogP contribution in [0, 0.1) is 0 Å². The van der Waals surface area contributed by atoms with E-state index in [1.807, 2.05) is 19.9 Å². The van der Waals surface area contributed by atoms with Crippen molar-refractivity contribution in [2.24, 2.45) is 0 Å². The van der Waals surface area contributed by atoms with Gasteiger partial charge in [-0.15, -0.1) is 13.2 Å². The smallest absolute Gasteiger partial charge is 0.231 e. The summed E-state index contributed by atoms with van der Waals surface area (Å²) in [6.07, 6.45) is 7.88. The minimum Gasteiger partial charge on any atom is -0.454 e. The molecule has 2 rings (SSSR count). The topological polar surface area (TPSA) is 86.6 Å². The van der Waals surface area contributed by atoms with Gasteiger partial charge in [0.2, 0.25) is 6.79 Å². The van der Waals surface area contributed by atoms with Crippen molar-refractivity contribution in [2.75, 3.05) is 53.0 Å². The minimum atomic E-state index is -0.125. The van der Waals surface area contributed by atoms with E-state index >= 15 is 0 Å². The summed E-state index contributed by atoms with van der Waals surface area (Å²) in [5, 5.41) is 15.2. The van der Waals surface area contributed by atoms with Gasteiger partial charge in [-0.3, -0.25) is 0 Å². The summed E-state index contributed by atoms with van der Waals surface area (Å²) in [5.41, 5.74) is 2.44. The highest BCUT2D eigenvalue weighted by Gasteiger charge is 2.16. The average Bonchev–Trinajstić information content (AvgIpc) is 3.29. The van der Waals surface area contributed by atoms with Gasteiger partial charge in [-0.1, -0.05) is 38.8 Å². The van der Waals surface area contributed by atoms with Gasteiger partial charge in [-0.2, -0.15) is 0 Å². The van der Waals surface area contributed by atoms with Crippen molar-refractivity contribution in [3.63, 3.8) is 0 Å². The zero-order chi connectivity index (χ0) is 25.9. The van der Waals surface area contributed by atoms with Crippen molar-refractivity contribution in [1.29, 1.82) is 0 Å². The summed E-state index contributed by atoms with van der Waals surface area (Å²) in [6, 6.07) is 4.12. The first-order valence-electron chi connectivity index (χ1n) is 12.1. The first-order valence-corrected chi connectivity index (χ1v) is 12.1. The van der Waals surface area contributed by atoms with Crippen LogP contribution in [0.25, 0.3) is 0 Å². The number of allylic oxidation sites excluding steroid dienone is 2. The molecule has 7 heteroatoms. The molecule has 0 bridgehead atoms. The van der Waals surface area contributed by atoms with Gasteiger partial charge in [0.15, 0.2) is 11.5 Å². The molecule has 1 aliphatic heterocycles. The number of benzene rings is 1. The molecule has 0 aliphatic carbocycles. The number of hydrogen-bond donors (Lipinski definition) is 2. The molecule has 0 atom stereocenters. The number of unbranched alkanes of at least 4 members (excludes halogenated alkanes) is 1. The molecule has 0 saturated heterocycles. The molecule has 7 nitrogen and oxygen atoms in total. The van der Waals surface area contributed by atoms with E-state index in [-0.39, 0.29) is 13.2 Å². The van der Waals surface area contributed by atoms with Crippen LogP contribution in [0.4, 0.5) is 0 Å². The number of ether oxygens (including phenoxy) is 5. The quantitative estimate of drug-likeness (QED) is 0.281. The number of aryl methyl sites for hydroxylation is 1. The number of fused-ring (bicyclic) bond motifs is 1. The van der Waals surface area contributed by atoms with Crippen LogP contribution in [0.3, 0.4) is 0 Å². The van der Waals surface area contributed by atoms with Crippen molar-refractivity contribution in [1.82, 2.24) is 0 Å². The zero-order valence-electron chi connectivity index (χ0n) is 21.9. The molecule has 0 unspecified atom stereocenters. The summed E-state index contributed by atoms with van der Waals surface area (Å²) in [6.45, 7) is 18.7. The van der Waals surface area contributed by atoms with Gasteiger partial charge in [0.25, 0.3) is 0 Å². The lowest BCUT2D eigenvalue weighted by Crippen LogP contribution is -2.10. The van der Waals surface area contributed by atoms with E-state index in [0.29, 0.717) is 39.8 Å². The van der Waals surface area contributed by atoms with Crippen molar-refractivity contribution in [3.05, 3.63) is 48.6 Å². The highest BCUT2D eigenvalue weighted by molar-refractivity contribution is 5.48. The van der Waals surface area contributed by atoms with Crippen LogP contribution < -0.4 is 9.47 Å². The third-order valence-corrected chi connectivity index (χ3v) is 3.96. The fourth-order valence-electron chi connectivity index (χ4n) is 2.53. The summed E-state index contributed by atoms with van der Waals surface area (Å²) in [4.78, 5) is 0. The normalized spacial score (nSPS) is 10.6. The maximum atomic E-state index is 7.62. The fourth-order valence-corrected chi connectivity index (χ4v) is 2.53. The fraction of sp³-hybridized carbons (Fsp3) is 0.630. The van der Waals surface area contributed by atoms with Crippen molar-refractivity contribution < 1.29 is 33.9 Å². The predicted molar refractivity (Wildman–Crippen MR) is 139 cm³/mol. The third kappa shape index (κ3) is 19.6. The van der Waals surface area contributed by atoms with Crippen LogP contribution in [0.15, 0.2) is 37.4 Å². The number of aliphatic hydroxyl groups excluding tert-OH is 2. The van der Waals surface area contributed by atoms with Crippen molar-refractivity contribution in [2.45, 2.75) is 60.0 Å². The van der Waals surface area contributed by atoms with E-state index < -0.39 is 0 Å². The van der Waals surface area contributed by atoms with E-state index in [2.05, 4.69) is 33.1 Å². The van der Waals surface area contributed by atoms with Gasteiger partial charge < -0.3 is 33.9 Å². The highest BCUT2D eigenvalue weighted by atomic mass is 16.7. The maximum absolute atomic E-state index is 7.62. The average molecular weight is 485 g/mol. The monoisotopic (exact) mass is 484 g/mol. The lowest BCUT2D eigenvalue weighted by Gasteiger charge is -2.11. The van der Waals surface area contributed by atoms with Gasteiger partial charge in [-0.05, 0) is 49.9 Å². The summed E-state index contributed by atoms with van der Waals surface area (Å²) >= 11 is 0. The number of rotatable bonds is 14. The lowest BCUT2D eigenvalue weighted by molar-refractivity contribution is 0.0101. The molecule has 1 aromatic carbocycles. The van der Waals surface area contributed by atoms with Gasteiger partial charge in [0.05, 0.1) is 46.2 Å². The summed E-state index contributed by atoms with van der Waals surface area (Å²) < 4.78 is 27.6. The molecule has 2 N–H and O–H groups in total. The van der Waals surface area contributed by atoms with E-state index in [0.717, 1.165) is 43.8 Å². The first-order chi connectivity index (χ1) is 16.6. The second-order valence-electron chi connectivity index (χ2n) is 7.12. The molecule has 1 aromatic rings. The van der Waals surface area contributed by atoms with Crippen LogP contribution in [0.2, 0.25) is 0 Å². The van der Waals surface area contributed by atoms with Crippen LogP contribution in [-0.2, 0) is 27.2 Å². The Morgan fingerprint density at radius 2 is 1.26 bits per heavy atom. The Kier molecular flexibility index (Phi) is 27.6. The SMILES string of the molecule is C=CC.C=CC.CCCCOCCOCCOCc1cc2c(cc1CCC)OCO2.OCCO. The molecule has 34 heavy (non-hydrogen) atoms. The Hall–Kier alpha value is -1.90. The van der Waals surface area contributed by atoms with Gasteiger partial charge >= 0.3 is 0 Å². The maximum Gasteiger partial charge on any atom is 0.231 e. The third-order valence-electron chi connectivity index (χ3n) is 3.96. The standard InChI is InChI=1S/C19H30O5.2C3H6.C2H6O2/c1-3-5-7-20-8-9-21-10-11-22-14-17-13-19-18(23-15-24-19)12-16(17)6-4-2;2*1-3-2;3-1-2-4/h12-13H,3-11,14-15H2,1-2H3;2*3H,1H2,2H3;3-4H,1-2H2. The molecule has 0 fully saturated rings. The number of hydrogen-bond acceptors (Lipinski definition) is 7. The molecule has 198 valence electrons. The molecule has 0 spiro atoms. The highest BCUT2D eigenvalue weighted by Crippen LogP contribution is 2.35. The molecule has 0 radical (unpaired) electrons. The molecular formula is C27H48O7. The van der Waals surface area contributed by atoms with Crippen LogP contribution in [0.1, 0.15) is 58.1 Å².